The zero-order valence-corrected chi connectivity index (χ0v) is 17.9. The molecule has 0 atom stereocenters. The second-order valence-corrected chi connectivity index (χ2v) is 8.52. The molecule has 1 aromatic carbocycles. The summed E-state index contributed by atoms with van der Waals surface area (Å²) >= 11 is 0. The zero-order chi connectivity index (χ0) is 21.6. The summed E-state index contributed by atoms with van der Waals surface area (Å²) in [6.07, 6.45) is 1.30. The van der Waals surface area contributed by atoms with Gasteiger partial charge in [0.05, 0.1) is 12.0 Å². The van der Waals surface area contributed by atoms with Gasteiger partial charge in [-0.1, -0.05) is 49.4 Å². The lowest BCUT2D eigenvalue weighted by atomic mass is 10.1. The van der Waals surface area contributed by atoms with Crippen LogP contribution in [0.25, 0.3) is 11.1 Å². The van der Waals surface area contributed by atoms with E-state index in [0.29, 0.717) is 17.1 Å². The number of sulfonamides is 1. The smallest absolute Gasteiger partial charge is 0.343 e. The fourth-order valence-corrected chi connectivity index (χ4v) is 4.52. The average Bonchev–Trinajstić information content (AvgIpc) is 2.94. The fourth-order valence-electron chi connectivity index (χ4n) is 3.23. The number of ether oxygens (including phenoxy) is 2. The van der Waals surface area contributed by atoms with Crippen molar-refractivity contribution in [1.82, 2.24) is 4.72 Å². The number of fused-ring (bicyclic) bond motifs is 1. The average molecular weight is 428 g/mol. The van der Waals surface area contributed by atoms with Gasteiger partial charge in [0.15, 0.2) is 6.61 Å². The molecule has 0 amide bonds. The van der Waals surface area contributed by atoms with Gasteiger partial charge in [0.2, 0.25) is 10.0 Å². The molecule has 0 fully saturated rings. The Morgan fingerprint density at radius 3 is 2.37 bits per heavy atom. The summed E-state index contributed by atoms with van der Waals surface area (Å²) in [7, 11) is -2.33. The third-order valence-electron chi connectivity index (χ3n) is 4.84. The number of carbonyl (C=O) groups excluding carboxylic acids is 1. The Balaban J connectivity index is 1.64. The van der Waals surface area contributed by atoms with Crippen molar-refractivity contribution in [2.24, 2.45) is 0 Å². The zero-order valence-electron chi connectivity index (χ0n) is 17.1. The maximum Gasteiger partial charge on any atom is 0.343 e. The molecule has 0 saturated heterocycles. The molecule has 0 aliphatic heterocycles. The highest BCUT2D eigenvalue weighted by atomic mass is 32.2. The predicted molar refractivity (Wildman–Crippen MR) is 115 cm³/mol. The maximum atomic E-state index is 12.9. The fraction of sp³-hybridized carbons (Fsp3) is 0.261. The van der Waals surface area contributed by atoms with Crippen LogP contribution in [0.2, 0.25) is 0 Å². The molecule has 2 aliphatic carbocycles. The van der Waals surface area contributed by atoms with E-state index in [1.807, 2.05) is 49.4 Å². The molecule has 0 bridgehead atoms. The number of benzene rings is 1. The van der Waals surface area contributed by atoms with Crippen LogP contribution in [0, 0.1) is 0 Å². The second-order valence-electron chi connectivity index (χ2n) is 6.78. The summed E-state index contributed by atoms with van der Waals surface area (Å²) in [5, 5.41) is 0. The molecule has 7 heteroatoms. The van der Waals surface area contributed by atoms with Crippen LogP contribution >= 0.6 is 0 Å². The lowest BCUT2D eigenvalue weighted by Gasteiger charge is -2.08. The minimum absolute atomic E-state index is 0.152. The molecule has 3 rings (SSSR count). The van der Waals surface area contributed by atoms with Crippen LogP contribution in [-0.4, -0.2) is 34.6 Å². The molecule has 1 aromatic rings. The summed E-state index contributed by atoms with van der Waals surface area (Å²) in [6, 6.07) is 18.4. The van der Waals surface area contributed by atoms with Crippen LogP contribution in [-0.2, 0) is 32.4 Å². The van der Waals surface area contributed by atoms with E-state index in [2.05, 4.69) is 9.46 Å². The summed E-state index contributed by atoms with van der Waals surface area (Å²) in [4.78, 5) is 11.4. The van der Waals surface area contributed by atoms with Gasteiger partial charge >= 0.3 is 5.97 Å². The molecule has 0 radical (unpaired) electrons. The number of aryl methyl sites for hydroxylation is 1. The first-order chi connectivity index (χ1) is 14.4. The number of rotatable bonds is 9. The minimum Gasteiger partial charge on any atom is -0.482 e. The van der Waals surface area contributed by atoms with Gasteiger partial charge in [0, 0.05) is 12.1 Å². The Morgan fingerprint density at radius 1 is 1.00 bits per heavy atom. The lowest BCUT2D eigenvalue weighted by molar-refractivity contribution is -0.142. The first kappa shape index (κ1) is 21.8. The van der Waals surface area contributed by atoms with Crippen molar-refractivity contribution in [3.05, 3.63) is 71.8 Å². The van der Waals surface area contributed by atoms with Gasteiger partial charge in [-0.15, -0.1) is 0 Å². The quantitative estimate of drug-likeness (QED) is 0.529. The number of nitrogens with one attached hydrogen (secondary N) is 1. The van der Waals surface area contributed by atoms with Crippen LogP contribution < -0.4 is 9.46 Å². The SMILES string of the molecule is CCc1cc(S(=O)(=O)NCCc2ccc(OCC(=O)OC)cc2)c2cccccc1-2. The summed E-state index contributed by atoms with van der Waals surface area (Å²) in [5.74, 6) is 0.0984. The molecular weight excluding hydrogens is 402 g/mol. The Hall–Kier alpha value is -2.90. The normalized spacial score (nSPS) is 11.4. The van der Waals surface area contributed by atoms with Crippen LogP contribution in [0.4, 0.5) is 0 Å². The largest absolute Gasteiger partial charge is 0.482 e. The number of hydrogen-bond donors (Lipinski definition) is 1. The highest BCUT2D eigenvalue weighted by Gasteiger charge is 2.23. The molecule has 0 spiro atoms. The topological polar surface area (TPSA) is 81.7 Å². The summed E-state index contributed by atoms with van der Waals surface area (Å²) in [5.41, 5.74) is 3.67. The van der Waals surface area contributed by atoms with Crippen LogP contribution in [0.3, 0.4) is 0 Å². The van der Waals surface area contributed by atoms with E-state index in [1.165, 1.54) is 7.11 Å². The summed E-state index contributed by atoms with van der Waals surface area (Å²) in [6.45, 7) is 2.14. The third-order valence-corrected chi connectivity index (χ3v) is 6.34. The molecule has 2 aliphatic rings. The first-order valence-corrected chi connectivity index (χ1v) is 11.2. The molecule has 0 saturated carbocycles. The number of esters is 1. The Kier molecular flexibility index (Phi) is 7.07. The van der Waals surface area contributed by atoms with Gasteiger partial charge in [-0.25, -0.2) is 17.9 Å². The van der Waals surface area contributed by atoms with Gasteiger partial charge in [-0.2, -0.15) is 0 Å². The second kappa shape index (κ2) is 9.73. The number of methoxy groups -OCH3 is 1. The van der Waals surface area contributed by atoms with Crippen LogP contribution in [0.15, 0.2) is 65.6 Å². The summed E-state index contributed by atoms with van der Waals surface area (Å²) < 4.78 is 38.4. The number of hydrogen-bond acceptors (Lipinski definition) is 5. The van der Waals surface area contributed by atoms with Crippen LogP contribution in [0.1, 0.15) is 18.1 Å². The van der Waals surface area contributed by atoms with Gasteiger partial charge in [0.1, 0.15) is 5.75 Å². The Labute approximate surface area is 177 Å². The van der Waals surface area contributed by atoms with Crippen molar-refractivity contribution in [2.45, 2.75) is 24.7 Å². The van der Waals surface area contributed by atoms with Crippen molar-refractivity contribution in [1.29, 1.82) is 0 Å². The Morgan fingerprint density at radius 2 is 1.70 bits per heavy atom. The molecular formula is C23H25NO5S. The highest BCUT2D eigenvalue weighted by molar-refractivity contribution is 7.89. The van der Waals surface area contributed by atoms with E-state index in [1.54, 1.807) is 18.2 Å². The van der Waals surface area contributed by atoms with Gasteiger partial charge < -0.3 is 9.47 Å². The van der Waals surface area contributed by atoms with E-state index in [9.17, 15) is 13.2 Å². The first-order valence-electron chi connectivity index (χ1n) is 9.73. The molecule has 30 heavy (non-hydrogen) atoms. The molecule has 158 valence electrons. The Bertz CT molecular complexity index is 1080. The highest BCUT2D eigenvalue weighted by Crippen LogP contribution is 2.34. The van der Waals surface area contributed by atoms with Gasteiger partial charge in [0.25, 0.3) is 0 Å². The standard InChI is InChI=1S/C23H25NO5S/c1-3-18-15-22(21-8-6-4-5-7-20(18)21)30(26,27)24-14-13-17-9-11-19(12-10-17)29-16-23(25)28-2/h4-12,15,24H,3,13-14,16H2,1-2H3. The predicted octanol–water partition coefficient (Wildman–Crippen LogP) is 3.43. The van der Waals surface area contributed by atoms with E-state index in [-0.39, 0.29) is 13.2 Å². The molecule has 0 heterocycles. The molecule has 0 unspecified atom stereocenters. The minimum atomic E-state index is -3.63. The van der Waals surface area contributed by atoms with Crippen molar-refractivity contribution >= 4 is 16.0 Å². The van der Waals surface area contributed by atoms with Crippen molar-refractivity contribution in [3.63, 3.8) is 0 Å². The van der Waals surface area contributed by atoms with E-state index < -0.39 is 16.0 Å². The molecule has 1 N–H and O–H groups in total. The van der Waals surface area contributed by atoms with Crippen molar-refractivity contribution < 1.29 is 22.7 Å². The monoisotopic (exact) mass is 427 g/mol. The lowest BCUT2D eigenvalue weighted by Crippen LogP contribution is -2.26. The number of carbonyl (C=O) groups is 1. The maximum absolute atomic E-state index is 12.9. The van der Waals surface area contributed by atoms with Crippen molar-refractivity contribution in [2.75, 3.05) is 20.3 Å². The third kappa shape index (κ3) is 5.17. The van der Waals surface area contributed by atoms with Gasteiger partial charge in [-0.05, 0) is 47.7 Å². The van der Waals surface area contributed by atoms with E-state index in [0.717, 1.165) is 28.7 Å². The van der Waals surface area contributed by atoms with E-state index in [4.69, 9.17) is 4.74 Å². The van der Waals surface area contributed by atoms with E-state index >= 15 is 0 Å². The van der Waals surface area contributed by atoms with Gasteiger partial charge in [-0.3, -0.25) is 0 Å². The van der Waals surface area contributed by atoms with Crippen molar-refractivity contribution in [3.8, 4) is 16.9 Å². The molecule has 6 nitrogen and oxygen atoms in total. The van der Waals surface area contributed by atoms with Crippen LogP contribution in [0.5, 0.6) is 5.75 Å². The molecule has 0 aromatic heterocycles.